The Morgan fingerprint density at radius 2 is 1.93 bits per heavy atom. The Morgan fingerprint density at radius 3 is 2.58 bits per heavy atom. The molecule has 2 heterocycles. The maximum absolute atomic E-state index is 15.0. The van der Waals surface area contributed by atoms with E-state index in [1.807, 2.05) is 51.1 Å². The molecule has 1 fully saturated rings. The van der Waals surface area contributed by atoms with Crippen molar-refractivity contribution in [1.29, 1.82) is 0 Å². The second kappa shape index (κ2) is 12.4. The zero-order valence-electron chi connectivity index (χ0n) is 23.1. The normalized spacial score (nSPS) is 17.2. The summed E-state index contributed by atoms with van der Waals surface area (Å²) in [6.07, 6.45) is -0.164. The molecule has 216 valence electrons. The SMILES string of the molecule is CC(C)(C)C(c1nc(-c2cc(F)ccc2F)nn1Cc1ccccc1)N(C[C@@H](F)CN)C(=O)N1CCC[C@H]1CO. The molecule has 3 atom stereocenters. The highest BCUT2D eigenvalue weighted by atomic mass is 19.1. The second-order valence-corrected chi connectivity index (χ2v) is 11.3. The summed E-state index contributed by atoms with van der Waals surface area (Å²) in [5, 5.41) is 14.5. The summed E-state index contributed by atoms with van der Waals surface area (Å²) in [5.74, 6) is -1.09. The minimum Gasteiger partial charge on any atom is -0.394 e. The van der Waals surface area contributed by atoms with Crippen LogP contribution in [0.25, 0.3) is 11.4 Å². The van der Waals surface area contributed by atoms with Crippen molar-refractivity contribution in [3.05, 3.63) is 71.6 Å². The monoisotopic (exact) mass is 558 g/mol. The number of aliphatic hydroxyl groups is 1. The van der Waals surface area contributed by atoms with Crippen LogP contribution in [-0.2, 0) is 6.54 Å². The number of alkyl halides is 1. The number of carbonyl (C=O) groups excluding carboxylic acids is 1. The van der Waals surface area contributed by atoms with Crippen LogP contribution in [-0.4, -0.2) is 74.2 Å². The summed E-state index contributed by atoms with van der Waals surface area (Å²) < 4.78 is 45.5. The third-order valence-electron chi connectivity index (χ3n) is 7.15. The second-order valence-electron chi connectivity index (χ2n) is 11.3. The van der Waals surface area contributed by atoms with Crippen molar-refractivity contribution in [2.45, 2.75) is 58.4 Å². The number of hydrogen-bond donors (Lipinski definition) is 2. The molecule has 0 aliphatic carbocycles. The van der Waals surface area contributed by atoms with Crippen LogP contribution in [0, 0.1) is 17.0 Å². The summed E-state index contributed by atoms with van der Waals surface area (Å²) in [7, 11) is 0. The van der Waals surface area contributed by atoms with Gasteiger partial charge in [0.2, 0.25) is 0 Å². The molecule has 4 rings (SSSR count). The first-order valence-corrected chi connectivity index (χ1v) is 13.5. The first-order chi connectivity index (χ1) is 19.0. The lowest BCUT2D eigenvalue weighted by Crippen LogP contribution is -2.53. The van der Waals surface area contributed by atoms with Crippen molar-refractivity contribution in [3.8, 4) is 11.4 Å². The Hall–Kier alpha value is -3.44. The van der Waals surface area contributed by atoms with Crippen LogP contribution in [0.4, 0.5) is 18.0 Å². The van der Waals surface area contributed by atoms with E-state index in [4.69, 9.17) is 5.73 Å². The summed E-state index contributed by atoms with van der Waals surface area (Å²) >= 11 is 0. The molecule has 3 N–H and O–H groups in total. The molecule has 8 nitrogen and oxygen atoms in total. The molecule has 0 bridgehead atoms. The van der Waals surface area contributed by atoms with E-state index in [0.29, 0.717) is 25.2 Å². The van der Waals surface area contributed by atoms with Gasteiger partial charge >= 0.3 is 6.03 Å². The summed E-state index contributed by atoms with van der Waals surface area (Å²) in [4.78, 5) is 21.7. The minimum absolute atomic E-state index is 0.0467. The highest BCUT2D eigenvalue weighted by Gasteiger charge is 2.43. The van der Waals surface area contributed by atoms with E-state index in [-0.39, 0.29) is 43.7 Å². The van der Waals surface area contributed by atoms with E-state index < -0.39 is 35.3 Å². The van der Waals surface area contributed by atoms with Gasteiger partial charge in [-0.3, -0.25) is 0 Å². The highest BCUT2D eigenvalue weighted by molar-refractivity contribution is 5.76. The van der Waals surface area contributed by atoms with E-state index in [1.165, 1.54) is 4.90 Å². The van der Waals surface area contributed by atoms with Gasteiger partial charge in [-0.1, -0.05) is 51.1 Å². The Kier molecular flexibility index (Phi) is 9.15. The van der Waals surface area contributed by atoms with Crippen LogP contribution in [0.1, 0.15) is 51.0 Å². The van der Waals surface area contributed by atoms with Gasteiger partial charge < -0.3 is 20.6 Å². The van der Waals surface area contributed by atoms with Crippen LogP contribution < -0.4 is 5.73 Å². The van der Waals surface area contributed by atoms with E-state index in [9.17, 15) is 23.1 Å². The average molecular weight is 559 g/mol. The fourth-order valence-corrected chi connectivity index (χ4v) is 5.23. The molecule has 0 radical (unpaired) electrons. The molecule has 1 saturated heterocycles. The summed E-state index contributed by atoms with van der Waals surface area (Å²) in [6.45, 7) is 5.53. The maximum Gasteiger partial charge on any atom is 0.321 e. The van der Waals surface area contributed by atoms with Gasteiger partial charge in [-0.15, -0.1) is 0 Å². The lowest BCUT2D eigenvalue weighted by molar-refractivity contribution is 0.0590. The number of rotatable bonds is 9. The third kappa shape index (κ3) is 6.47. The standard InChI is InChI=1S/C29H37F3N6O2/c1-29(2,3)25(37(17-21(31)15-33)28(40)36-13-7-10-22(36)18-39)27-34-26(23-14-20(30)11-12-24(23)32)35-38(27)16-19-8-5-4-6-9-19/h4-6,8-9,11-12,14,21-22,25,39H,7,10,13,15-18,33H2,1-3H3/t21-,22-,25?/m0/s1. The Morgan fingerprint density at radius 1 is 1.20 bits per heavy atom. The maximum atomic E-state index is 15.0. The van der Waals surface area contributed by atoms with Gasteiger partial charge in [0.25, 0.3) is 0 Å². The van der Waals surface area contributed by atoms with Crippen LogP contribution in [0.3, 0.4) is 0 Å². The van der Waals surface area contributed by atoms with Crippen molar-refractivity contribution >= 4 is 6.03 Å². The van der Waals surface area contributed by atoms with E-state index >= 15 is 0 Å². The Labute approximate surface area is 232 Å². The predicted molar refractivity (Wildman–Crippen MR) is 146 cm³/mol. The highest BCUT2D eigenvalue weighted by Crippen LogP contribution is 2.40. The Bertz CT molecular complexity index is 1300. The smallest absolute Gasteiger partial charge is 0.321 e. The van der Waals surface area contributed by atoms with Gasteiger partial charge in [0, 0.05) is 13.1 Å². The zero-order chi connectivity index (χ0) is 29.0. The molecule has 1 aliphatic rings. The van der Waals surface area contributed by atoms with Crippen molar-refractivity contribution < 1.29 is 23.1 Å². The molecule has 40 heavy (non-hydrogen) atoms. The lowest BCUT2D eigenvalue weighted by atomic mass is 9.84. The number of benzene rings is 2. The number of aliphatic hydroxyl groups excluding tert-OH is 1. The number of likely N-dealkylation sites (tertiary alicyclic amines) is 1. The van der Waals surface area contributed by atoms with Gasteiger partial charge in [0.1, 0.15) is 17.8 Å². The molecule has 0 spiro atoms. The van der Waals surface area contributed by atoms with E-state index in [0.717, 1.165) is 23.8 Å². The fraction of sp³-hybridized carbons (Fsp3) is 0.483. The molecule has 0 saturated carbocycles. The molecule has 3 aromatic rings. The number of amides is 2. The third-order valence-corrected chi connectivity index (χ3v) is 7.15. The molecular formula is C29H37F3N6O2. The molecule has 1 unspecified atom stereocenters. The predicted octanol–water partition coefficient (Wildman–Crippen LogP) is 4.53. The van der Waals surface area contributed by atoms with Crippen molar-refractivity contribution in [1.82, 2.24) is 24.6 Å². The molecular weight excluding hydrogens is 521 g/mol. The number of nitrogens with zero attached hydrogens (tertiary/aromatic N) is 5. The zero-order valence-corrected chi connectivity index (χ0v) is 23.1. The number of carbonyl (C=O) groups is 1. The quantitative estimate of drug-likeness (QED) is 0.402. The topological polar surface area (TPSA) is 101 Å². The molecule has 2 amide bonds. The molecule has 1 aliphatic heterocycles. The number of nitrogens with two attached hydrogens (primary N) is 1. The van der Waals surface area contributed by atoms with Gasteiger partial charge in [-0.05, 0) is 42.0 Å². The largest absolute Gasteiger partial charge is 0.394 e. The average Bonchev–Trinajstić information content (AvgIpc) is 3.56. The fourth-order valence-electron chi connectivity index (χ4n) is 5.23. The van der Waals surface area contributed by atoms with Gasteiger partial charge in [0.15, 0.2) is 11.6 Å². The van der Waals surface area contributed by atoms with Gasteiger partial charge in [0.05, 0.1) is 37.3 Å². The Balaban J connectivity index is 1.89. The van der Waals surface area contributed by atoms with E-state index in [1.54, 1.807) is 9.58 Å². The van der Waals surface area contributed by atoms with Crippen LogP contribution in [0.15, 0.2) is 48.5 Å². The molecule has 11 heteroatoms. The summed E-state index contributed by atoms with van der Waals surface area (Å²) in [6, 6.07) is 10.8. The minimum atomic E-state index is -1.52. The van der Waals surface area contributed by atoms with Gasteiger partial charge in [-0.2, -0.15) is 5.10 Å². The van der Waals surface area contributed by atoms with Gasteiger partial charge in [-0.25, -0.2) is 27.6 Å². The van der Waals surface area contributed by atoms with Crippen LogP contribution in [0.5, 0.6) is 0 Å². The van der Waals surface area contributed by atoms with Crippen LogP contribution in [0.2, 0.25) is 0 Å². The first kappa shape index (κ1) is 29.5. The van der Waals surface area contributed by atoms with Crippen molar-refractivity contribution in [2.24, 2.45) is 11.1 Å². The molecule has 2 aromatic carbocycles. The number of urea groups is 1. The molecule has 1 aromatic heterocycles. The van der Waals surface area contributed by atoms with E-state index in [2.05, 4.69) is 10.1 Å². The van der Waals surface area contributed by atoms with Crippen molar-refractivity contribution in [3.63, 3.8) is 0 Å². The lowest BCUT2D eigenvalue weighted by Gasteiger charge is -2.42. The van der Waals surface area contributed by atoms with Crippen molar-refractivity contribution in [2.75, 3.05) is 26.2 Å². The number of aromatic nitrogens is 3. The first-order valence-electron chi connectivity index (χ1n) is 13.5. The summed E-state index contributed by atoms with van der Waals surface area (Å²) in [5.41, 5.74) is 5.69. The number of halogens is 3. The number of hydrogen-bond acceptors (Lipinski definition) is 5. The van der Waals surface area contributed by atoms with Crippen LogP contribution >= 0.6 is 0 Å².